The molecule has 28 heavy (non-hydrogen) atoms. The van der Waals surface area contributed by atoms with E-state index in [1.807, 2.05) is 30.3 Å². The normalized spacial score (nSPS) is 16.4. The zero-order chi connectivity index (χ0) is 19.6. The molecule has 6 nitrogen and oxygen atoms in total. The van der Waals surface area contributed by atoms with Gasteiger partial charge in [-0.2, -0.15) is 0 Å². The van der Waals surface area contributed by atoms with Crippen LogP contribution in [0, 0.1) is 0 Å². The molecule has 2 aromatic carbocycles. The van der Waals surface area contributed by atoms with Crippen molar-refractivity contribution in [3.8, 4) is 0 Å². The average Bonchev–Trinajstić information content (AvgIpc) is 3.23. The highest BCUT2D eigenvalue weighted by atomic mass is 32.2. The molecule has 0 amide bonds. The molecule has 0 bridgehead atoms. The Bertz CT molecular complexity index is 1120. The molecule has 0 aliphatic carbocycles. The van der Waals surface area contributed by atoms with E-state index in [-0.39, 0.29) is 10.9 Å². The first-order valence-corrected chi connectivity index (χ1v) is 10.8. The lowest BCUT2D eigenvalue weighted by Gasteiger charge is -2.28. The maximum Gasteiger partial charge on any atom is 0.336 e. The number of nitrogens with zero attached hydrogens (tertiary/aromatic N) is 1. The maximum atomic E-state index is 12.9. The molecule has 1 fully saturated rings. The molecule has 1 atom stereocenters. The summed E-state index contributed by atoms with van der Waals surface area (Å²) in [5.41, 5.74) is 1.01. The average molecular weight is 398 g/mol. The van der Waals surface area contributed by atoms with E-state index in [1.54, 1.807) is 6.07 Å². The third-order valence-electron chi connectivity index (χ3n) is 5.13. The molecule has 146 valence electrons. The van der Waals surface area contributed by atoms with Gasteiger partial charge in [-0.05, 0) is 55.8 Å². The predicted octanol–water partition coefficient (Wildman–Crippen LogP) is 2.91. The van der Waals surface area contributed by atoms with Gasteiger partial charge in [-0.15, -0.1) is 0 Å². The van der Waals surface area contributed by atoms with Gasteiger partial charge in [0, 0.05) is 24.0 Å². The fourth-order valence-corrected chi connectivity index (χ4v) is 4.75. The molecule has 0 saturated carbocycles. The summed E-state index contributed by atoms with van der Waals surface area (Å²) in [6, 6.07) is 17.3. The van der Waals surface area contributed by atoms with Crippen molar-refractivity contribution in [1.29, 1.82) is 0 Å². The first-order chi connectivity index (χ1) is 13.5. The molecule has 2 heterocycles. The van der Waals surface area contributed by atoms with Crippen molar-refractivity contribution in [2.24, 2.45) is 0 Å². The number of hydrogen-bond donors (Lipinski definition) is 1. The van der Waals surface area contributed by atoms with Crippen molar-refractivity contribution in [3.05, 3.63) is 76.6 Å². The van der Waals surface area contributed by atoms with Gasteiger partial charge >= 0.3 is 5.63 Å². The van der Waals surface area contributed by atoms with Crippen LogP contribution in [-0.4, -0.2) is 33.0 Å². The van der Waals surface area contributed by atoms with Gasteiger partial charge < -0.3 is 4.42 Å². The lowest BCUT2D eigenvalue weighted by atomic mass is 10.1. The molecule has 1 aliphatic heterocycles. The molecule has 1 unspecified atom stereocenters. The van der Waals surface area contributed by atoms with Crippen LogP contribution < -0.4 is 10.3 Å². The topological polar surface area (TPSA) is 79.6 Å². The van der Waals surface area contributed by atoms with Gasteiger partial charge in [-0.25, -0.2) is 17.9 Å². The molecule has 1 N–H and O–H groups in total. The third-order valence-corrected chi connectivity index (χ3v) is 6.55. The number of hydrogen-bond acceptors (Lipinski definition) is 5. The standard InChI is InChI=1S/C21H22N2O4S/c24-21-11-8-17-14-18(9-10-20(17)27-21)28(25,26)22-15-19(23-12-4-5-13-23)16-6-2-1-3-7-16/h1-3,6-11,14,19,22H,4-5,12-13,15H2. The van der Waals surface area contributed by atoms with E-state index in [0.29, 0.717) is 17.5 Å². The zero-order valence-electron chi connectivity index (χ0n) is 15.4. The monoisotopic (exact) mass is 398 g/mol. The van der Waals surface area contributed by atoms with Gasteiger partial charge in [0.25, 0.3) is 0 Å². The van der Waals surface area contributed by atoms with Gasteiger partial charge in [0.15, 0.2) is 0 Å². The summed E-state index contributed by atoms with van der Waals surface area (Å²) in [4.78, 5) is 13.8. The van der Waals surface area contributed by atoms with Crippen molar-refractivity contribution in [3.63, 3.8) is 0 Å². The molecule has 0 radical (unpaired) electrons. The van der Waals surface area contributed by atoms with Crippen molar-refractivity contribution in [2.45, 2.75) is 23.8 Å². The number of rotatable bonds is 6. The third kappa shape index (κ3) is 4.01. The van der Waals surface area contributed by atoms with Crippen LogP contribution in [0.5, 0.6) is 0 Å². The van der Waals surface area contributed by atoms with Crippen LogP contribution in [0.15, 0.2) is 74.8 Å². The lowest BCUT2D eigenvalue weighted by Crippen LogP contribution is -2.36. The van der Waals surface area contributed by atoms with Gasteiger partial charge in [0.05, 0.1) is 4.90 Å². The number of fused-ring (bicyclic) bond motifs is 1. The van der Waals surface area contributed by atoms with Crippen molar-refractivity contribution in [1.82, 2.24) is 9.62 Å². The van der Waals surface area contributed by atoms with Gasteiger partial charge in [-0.1, -0.05) is 30.3 Å². The Morgan fingerprint density at radius 1 is 1.00 bits per heavy atom. The van der Waals surface area contributed by atoms with E-state index in [1.165, 1.54) is 24.3 Å². The summed E-state index contributed by atoms with van der Waals surface area (Å²) >= 11 is 0. The molecular formula is C21H22N2O4S. The number of sulfonamides is 1. The summed E-state index contributed by atoms with van der Waals surface area (Å²) < 4.78 is 33.6. The second-order valence-corrected chi connectivity index (χ2v) is 8.74. The van der Waals surface area contributed by atoms with Crippen LogP contribution in [0.4, 0.5) is 0 Å². The first kappa shape index (κ1) is 18.9. The minimum absolute atomic E-state index is 0.00282. The summed E-state index contributed by atoms with van der Waals surface area (Å²) in [6.07, 6.45) is 2.26. The largest absolute Gasteiger partial charge is 0.423 e. The van der Waals surface area contributed by atoms with Crippen LogP contribution >= 0.6 is 0 Å². The number of benzene rings is 2. The first-order valence-electron chi connectivity index (χ1n) is 9.35. The SMILES string of the molecule is O=c1ccc2cc(S(=O)(=O)NCC(c3ccccc3)N3CCCC3)ccc2o1. The number of likely N-dealkylation sites (tertiary alicyclic amines) is 1. The highest BCUT2D eigenvalue weighted by Crippen LogP contribution is 2.25. The summed E-state index contributed by atoms with van der Waals surface area (Å²) in [7, 11) is -3.69. The second-order valence-electron chi connectivity index (χ2n) is 6.98. The lowest BCUT2D eigenvalue weighted by molar-refractivity contribution is 0.246. The van der Waals surface area contributed by atoms with E-state index < -0.39 is 15.6 Å². The van der Waals surface area contributed by atoms with Gasteiger partial charge in [0.2, 0.25) is 10.0 Å². The second kappa shape index (κ2) is 7.87. The summed E-state index contributed by atoms with van der Waals surface area (Å²) in [5.74, 6) is 0. The van der Waals surface area contributed by atoms with Gasteiger partial charge in [-0.3, -0.25) is 4.90 Å². The zero-order valence-corrected chi connectivity index (χ0v) is 16.2. The fraction of sp³-hybridized carbons (Fsp3) is 0.286. The van der Waals surface area contributed by atoms with E-state index in [4.69, 9.17) is 4.42 Å². The van der Waals surface area contributed by atoms with Crippen LogP contribution in [-0.2, 0) is 10.0 Å². The fourth-order valence-electron chi connectivity index (χ4n) is 3.68. The minimum atomic E-state index is -3.69. The Kier molecular flexibility index (Phi) is 5.30. The molecule has 7 heteroatoms. The minimum Gasteiger partial charge on any atom is -0.423 e. The predicted molar refractivity (Wildman–Crippen MR) is 108 cm³/mol. The number of nitrogens with one attached hydrogen (secondary N) is 1. The molecule has 1 saturated heterocycles. The van der Waals surface area contributed by atoms with E-state index in [2.05, 4.69) is 9.62 Å². The molecular weight excluding hydrogens is 376 g/mol. The van der Waals surface area contributed by atoms with Crippen LogP contribution in [0.2, 0.25) is 0 Å². The van der Waals surface area contributed by atoms with E-state index >= 15 is 0 Å². The van der Waals surface area contributed by atoms with Crippen LogP contribution in [0.3, 0.4) is 0 Å². The highest BCUT2D eigenvalue weighted by Gasteiger charge is 2.25. The highest BCUT2D eigenvalue weighted by molar-refractivity contribution is 7.89. The van der Waals surface area contributed by atoms with Crippen LogP contribution in [0.1, 0.15) is 24.4 Å². The smallest absolute Gasteiger partial charge is 0.336 e. The summed E-state index contributed by atoms with van der Waals surface area (Å²) in [6.45, 7) is 2.24. The van der Waals surface area contributed by atoms with Crippen molar-refractivity contribution < 1.29 is 12.8 Å². The maximum absolute atomic E-state index is 12.9. The Labute approximate surface area is 163 Å². The van der Waals surface area contributed by atoms with E-state index in [9.17, 15) is 13.2 Å². The molecule has 4 rings (SSSR count). The van der Waals surface area contributed by atoms with Crippen LogP contribution in [0.25, 0.3) is 11.0 Å². The Balaban J connectivity index is 1.57. The molecule has 1 aliphatic rings. The Morgan fingerprint density at radius 2 is 1.75 bits per heavy atom. The summed E-state index contributed by atoms with van der Waals surface area (Å²) in [5, 5.41) is 0.571. The van der Waals surface area contributed by atoms with Gasteiger partial charge in [0.1, 0.15) is 5.58 Å². The molecule has 3 aromatic rings. The molecule has 1 aromatic heterocycles. The molecule has 0 spiro atoms. The Hall–Kier alpha value is -2.48. The van der Waals surface area contributed by atoms with E-state index in [0.717, 1.165) is 31.5 Å². The Morgan fingerprint density at radius 3 is 2.50 bits per heavy atom. The van der Waals surface area contributed by atoms with Crippen molar-refractivity contribution >= 4 is 21.0 Å². The van der Waals surface area contributed by atoms with Crippen molar-refractivity contribution in [2.75, 3.05) is 19.6 Å². The quantitative estimate of drug-likeness (QED) is 0.646.